The molecule has 2 aromatic rings. The number of thiophene rings is 1. The molecule has 1 N–H and O–H groups in total. The lowest BCUT2D eigenvalue weighted by molar-refractivity contribution is 0.581. The first-order chi connectivity index (χ1) is 8.99. The van der Waals surface area contributed by atoms with Crippen LogP contribution in [0.15, 0.2) is 38.5 Å². The summed E-state index contributed by atoms with van der Waals surface area (Å²) in [6.45, 7) is 0.321. The van der Waals surface area contributed by atoms with Crippen LogP contribution in [-0.2, 0) is 16.4 Å². The molecule has 102 valence electrons. The monoisotopic (exact) mass is 380 g/mol. The maximum atomic E-state index is 12.1. The Hall–Kier alpha value is -0.470. The number of hydrogen-bond acceptors (Lipinski definition) is 4. The minimum absolute atomic E-state index is 0.0196. The minimum Gasteiger partial charge on any atom is -0.242 e. The lowest BCUT2D eigenvalue weighted by atomic mass is 10.2. The van der Waals surface area contributed by atoms with E-state index in [4.69, 9.17) is 11.6 Å². The van der Waals surface area contributed by atoms with Crippen LogP contribution < -0.4 is 4.72 Å². The molecule has 19 heavy (non-hydrogen) atoms. The summed E-state index contributed by atoms with van der Waals surface area (Å²) in [6.07, 6.45) is 2.09. The molecule has 0 aliphatic heterocycles. The molecular weight excluding hydrogens is 372 g/mol. The molecule has 4 nitrogen and oxygen atoms in total. The van der Waals surface area contributed by atoms with Crippen LogP contribution in [0.4, 0.5) is 0 Å². The molecule has 0 aliphatic rings. The third-order valence-electron chi connectivity index (χ3n) is 2.35. The van der Waals surface area contributed by atoms with E-state index in [-0.39, 0.29) is 10.0 Å². The summed E-state index contributed by atoms with van der Waals surface area (Å²) < 4.78 is 27.2. The summed E-state index contributed by atoms with van der Waals surface area (Å²) >= 11 is 10.6. The largest absolute Gasteiger partial charge is 0.243 e. The fourth-order valence-corrected chi connectivity index (χ4v) is 4.11. The molecule has 0 atom stereocenters. The van der Waals surface area contributed by atoms with E-state index in [1.165, 1.54) is 12.3 Å². The second-order valence-electron chi connectivity index (χ2n) is 3.72. The van der Waals surface area contributed by atoms with Gasteiger partial charge in [-0.3, -0.25) is 0 Å². The SMILES string of the molecule is O=S(=O)(NCCc1ccsc1)c1cc(Br)cnc1Cl. The lowest BCUT2D eigenvalue weighted by Gasteiger charge is -2.07. The first kappa shape index (κ1) is 14.9. The molecule has 2 heterocycles. The van der Waals surface area contributed by atoms with Crippen molar-refractivity contribution in [2.75, 3.05) is 6.54 Å². The smallest absolute Gasteiger partial charge is 0.242 e. The Balaban J connectivity index is 2.07. The molecule has 0 radical (unpaired) electrons. The Morgan fingerprint density at radius 2 is 2.26 bits per heavy atom. The predicted octanol–water partition coefficient (Wildman–Crippen LogP) is 3.08. The summed E-state index contributed by atoms with van der Waals surface area (Å²) in [6, 6.07) is 3.40. The predicted molar refractivity (Wildman–Crippen MR) is 80.2 cm³/mol. The van der Waals surface area contributed by atoms with Crippen molar-refractivity contribution in [2.45, 2.75) is 11.3 Å². The van der Waals surface area contributed by atoms with Crippen LogP contribution in [0.1, 0.15) is 5.56 Å². The van der Waals surface area contributed by atoms with Crippen molar-refractivity contribution in [1.29, 1.82) is 0 Å². The molecule has 0 saturated carbocycles. The highest BCUT2D eigenvalue weighted by Crippen LogP contribution is 2.22. The summed E-state index contributed by atoms with van der Waals surface area (Å²) in [5.74, 6) is 0. The van der Waals surface area contributed by atoms with Crippen molar-refractivity contribution in [3.05, 3.63) is 44.3 Å². The van der Waals surface area contributed by atoms with E-state index in [0.29, 0.717) is 17.4 Å². The zero-order chi connectivity index (χ0) is 13.9. The van der Waals surface area contributed by atoms with E-state index in [2.05, 4.69) is 25.6 Å². The molecule has 2 aromatic heterocycles. The van der Waals surface area contributed by atoms with Crippen molar-refractivity contribution < 1.29 is 8.42 Å². The van der Waals surface area contributed by atoms with E-state index >= 15 is 0 Å². The van der Waals surface area contributed by atoms with Gasteiger partial charge in [0.05, 0.1) is 0 Å². The Morgan fingerprint density at radius 1 is 1.47 bits per heavy atom. The zero-order valence-corrected chi connectivity index (χ0v) is 13.6. The van der Waals surface area contributed by atoms with Gasteiger partial charge in [-0.25, -0.2) is 18.1 Å². The average Bonchev–Trinajstić information content (AvgIpc) is 2.85. The van der Waals surface area contributed by atoms with Crippen LogP contribution in [0.5, 0.6) is 0 Å². The summed E-state index contributed by atoms with van der Waals surface area (Å²) in [5, 5.41) is 3.91. The summed E-state index contributed by atoms with van der Waals surface area (Å²) in [5.41, 5.74) is 1.10. The maximum absolute atomic E-state index is 12.1. The third kappa shape index (κ3) is 4.00. The first-order valence-electron chi connectivity index (χ1n) is 5.31. The highest BCUT2D eigenvalue weighted by atomic mass is 79.9. The van der Waals surface area contributed by atoms with E-state index in [1.807, 2.05) is 16.8 Å². The molecule has 2 rings (SSSR count). The molecule has 0 aromatic carbocycles. The van der Waals surface area contributed by atoms with Crippen molar-refractivity contribution in [3.63, 3.8) is 0 Å². The molecule has 0 fully saturated rings. The number of sulfonamides is 1. The van der Waals surface area contributed by atoms with Gasteiger partial charge in [-0.2, -0.15) is 11.3 Å². The quantitative estimate of drug-likeness (QED) is 0.810. The number of nitrogens with zero attached hydrogens (tertiary/aromatic N) is 1. The fourth-order valence-electron chi connectivity index (χ4n) is 1.43. The van der Waals surface area contributed by atoms with E-state index in [0.717, 1.165) is 5.56 Å². The van der Waals surface area contributed by atoms with E-state index in [1.54, 1.807) is 11.3 Å². The van der Waals surface area contributed by atoms with Crippen LogP contribution in [-0.4, -0.2) is 19.9 Å². The summed E-state index contributed by atoms with van der Waals surface area (Å²) in [4.78, 5) is 3.78. The normalized spacial score (nSPS) is 11.7. The Morgan fingerprint density at radius 3 is 2.95 bits per heavy atom. The van der Waals surface area contributed by atoms with Gasteiger partial charge in [0.15, 0.2) is 0 Å². The second-order valence-corrected chi connectivity index (χ2v) is 7.51. The van der Waals surface area contributed by atoms with E-state index in [9.17, 15) is 8.42 Å². The minimum atomic E-state index is -3.64. The molecule has 8 heteroatoms. The van der Waals surface area contributed by atoms with Gasteiger partial charge in [0.25, 0.3) is 0 Å². The second kappa shape index (κ2) is 6.32. The Kier molecular flexibility index (Phi) is 4.97. The number of pyridine rings is 1. The number of aromatic nitrogens is 1. The van der Waals surface area contributed by atoms with Crippen molar-refractivity contribution in [1.82, 2.24) is 9.71 Å². The van der Waals surface area contributed by atoms with Crippen LogP contribution in [0.25, 0.3) is 0 Å². The topological polar surface area (TPSA) is 59.1 Å². The van der Waals surface area contributed by atoms with Gasteiger partial charge in [0, 0.05) is 17.2 Å². The Bertz CT molecular complexity index is 659. The molecule has 0 spiro atoms. The number of hydrogen-bond donors (Lipinski definition) is 1. The van der Waals surface area contributed by atoms with Crippen molar-refractivity contribution >= 4 is 48.9 Å². The van der Waals surface area contributed by atoms with Gasteiger partial charge in [-0.1, -0.05) is 11.6 Å². The maximum Gasteiger partial charge on any atom is 0.243 e. The van der Waals surface area contributed by atoms with Gasteiger partial charge in [0.1, 0.15) is 10.0 Å². The average molecular weight is 382 g/mol. The standard InChI is InChI=1S/C11H10BrClN2O2S2/c12-9-5-10(11(13)14-6-9)19(16,17)15-3-1-8-2-4-18-7-8/h2,4-7,15H,1,3H2. The molecule has 0 aliphatic carbocycles. The zero-order valence-electron chi connectivity index (χ0n) is 9.64. The van der Waals surface area contributed by atoms with Crippen molar-refractivity contribution in [2.24, 2.45) is 0 Å². The first-order valence-corrected chi connectivity index (χ1v) is 8.90. The molecule has 0 unspecified atom stereocenters. The molecule has 0 bridgehead atoms. The third-order valence-corrected chi connectivity index (χ3v) is 5.40. The molecule has 0 amide bonds. The molecule has 0 saturated heterocycles. The van der Waals surface area contributed by atoms with Crippen LogP contribution in [0.3, 0.4) is 0 Å². The number of halogens is 2. The van der Waals surface area contributed by atoms with Gasteiger partial charge in [-0.15, -0.1) is 0 Å². The molecular formula is C11H10BrClN2O2S2. The Labute approximate surface area is 129 Å². The van der Waals surface area contributed by atoms with Crippen LogP contribution in [0.2, 0.25) is 5.15 Å². The van der Waals surface area contributed by atoms with Crippen LogP contribution >= 0.6 is 38.9 Å². The van der Waals surface area contributed by atoms with Gasteiger partial charge in [0.2, 0.25) is 10.0 Å². The highest BCUT2D eigenvalue weighted by Gasteiger charge is 2.18. The van der Waals surface area contributed by atoms with Crippen molar-refractivity contribution in [3.8, 4) is 0 Å². The fraction of sp³-hybridized carbons (Fsp3) is 0.182. The van der Waals surface area contributed by atoms with Gasteiger partial charge in [-0.05, 0) is 50.8 Å². The number of rotatable bonds is 5. The van der Waals surface area contributed by atoms with Crippen LogP contribution in [0, 0.1) is 0 Å². The highest BCUT2D eigenvalue weighted by molar-refractivity contribution is 9.10. The lowest BCUT2D eigenvalue weighted by Crippen LogP contribution is -2.26. The van der Waals surface area contributed by atoms with Gasteiger partial charge >= 0.3 is 0 Å². The number of nitrogens with one attached hydrogen (secondary N) is 1. The summed E-state index contributed by atoms with van der Waals surface area (Å²) in [7, 11) is -3.64. The van der Waals surface area contributed by atoms with Gasteiger partial charge < -0.3 is 0 Å². The van der Waals surface area contributed by atoms with E-state index < -0.39 is 10.0 Å².